The Kier molecular flexibility index (Phi) is 3.68. The molecular weight excluding hydrogens is 288 g/mol. The Bertz CT molecular complexity index is 653. The molecule has 1 N–H and O–H groups in total. The first-order valence-electron chi connectivity index (χ1n) is 7.22. The Morgan fingerprint density at radius 3 is 2.62 bits per heavy atom. The van der Waals surface area contributed by atoms with E-state index in [9.17, 15) is 4.79 Å². The lowest BCUT2D eigenvalue weighted by molar-refractivity contribution is -0.0113. The largest absolute Gasteiger partial charge is 0.471 e. The van der Waals surface area contributed by atoms with Gasteiger partial charge in [0.15, 0.2) is 0 Å². The highest BCUT2D eigenvalue weighted by molar-refractivity contribution is 5.98. The fourth-order valence-electron chi connectivity index (χ4n) is 3.46. The molecule has 1 spiro atoms. The van der Waals surface area contributed by atoms with Gasteiger partial charge in [0.2, 0.25) is 0 Å². The molecule has 2 aliphatic rings. The summed E-state index contributed by atoms with van der Waals surface area (Å²) in [4.78, 5) is 14.5. The van der Waals surface area contributed by atoms with E-state index < -0.39 is 0 Å². The van der Waals surface area contributed by atoms with Crippen LogP contribution in [0.2, 0.25) is 0 Å². The minimum absolute atomic E-state index is 0. The Morgan fingerprint density at radius 2 is 1.86 bits per heavy atom. The first-order valence-corrected chi connectivity index (χ1v) is 7.22. The van der Waals surface area contributed by atoms with E-state index in [1.54, 1.807) is 12.5 Å². The van der Waals surface area contributed by atoms with Crippen molar-refractivity contribution >= 4 is 29.1 Å². The number of benzene rings is 1. The molecule has 2 saturated heterocycles. The molecule has 21 heavy (non-hydrogen) atoms. The first kappa shape index (κ1) is 14.4. The number of hydrogen-bond acceptors (Lipinski definition) is 3. The summed E-state index contributed by atoms with van der Waals surface area (Å²) in [6.45, 7) is 4.00. The van der Waals surface area contributed by atoms with Crippen molar-refractivity contribution < 1.29 is 9.21 Å². The van der Waals surface area contributed by atoms with E-state index in [-0.39, 0.29) is 18.3 Å². The second-order valence-corrected chi connectivity index (χ2v) is 6.13. The molecule has 112 valence electrons. The summed E-state index contributed by atoms with van der Waals surface area (Å²) in [5.41, 5.74) is 1.16. The number of carbonyl (C=O) groups excluding carboxylic acids is 1. The number of piperidine rings is 1. The third-order valence-electron chi connectivity index (χ3n) is 4.73. The van der Waals surface area contributed by atoms with Crippen LogP contribution in [0, 0.1) is 5.41 Å². The van der Waals surface area contributed by atoms with Gasteiger partial charge in [-0.3, -0.25) is 4.79 Å². The average molecular weight is 307 g/mol. The Hall–Kier alpha value is -1.52. The predicted molar refractivity (Wildman–Crippen MR) is 83.9 cm³/mol. The van der Waals surface area contributed by atoms with Gasteiger partial charge in [-0.05, 0) is 38.1 Å². The van der Waals surface area contributed by atoms with Gasteiger partial charge in [0, 0.05) is 34.8 Å². The molecule has 0 bridgehead atoms. The standard InChI is InChI=1S/C16H18N2O2.ClH/c19-15(12-1-2-13-8-20-9-14(13)7-12)18-10-16(11-18)3-5-17-6-4-16;/h1-2,7-9,17H,3-6,10-11H2;1H. The highest BCUT2D eigenvalue weighted by Gasteiger charge is 2.45. The number of nitrogens with zero attached hydrogens (tertiary/aromatic N) is 1. The zero-order valence-electron chi connectivity index (χ0n) is 11.8. The summed E-state index contributed by atoms with van der Waals surface area (Å²) in [5.74, 6) is 0.150. The molecule has 1 aromatic carbocycles. The fraction of sp³-hybridized carbons (Fsp3) is 0.438. The molecular formula is C16H19ClN2O2. The maximum absolute atomic E-state index is 12.5. The molecule has 0 atom stereocenters. The van der Waals surface area contributed by atoms with Gasteiger partial charge in [-0.15, -0.1) is 12.4 Å². The van der Waals surface area contributed by atoms with Crippen molar-refractivity contribution in [2.75, 3.05) is 26.2 Å². The second-order valence-electron chi connectivity index (χ2n) is 6.13. The van der Waals surface area contributed by atoms with Gasteiger partial charge in [-0.2, -0.15) is 0 Å². The number of halogens is 1. The lowest BCUT2D eigenvalue weighted by atomic mass is 9.72. The van der Waals surface area contributed by atoms with Crippen LogP contribution in [0.5, 0.6) is 0 Å². The van der Waals surface area contributed by atoms with E-state index >= 15 is 0 Å². The van der Waals surface area contributed by atoms with E-state index in [4.69, 9.17) is 4.42 Å². The zero-order valence-corrected chi connectivity index (χ0v) is 12.6. The van der Waals surface area contributed by atoms with Gasteiger partial charge in [-0.25, -0.2) is 0 Å². The molecule has 4 nitrogen and oxygen atoms in total. The summed E-state index contributed by atoms with van der Waals surface area (Å²) in [5, 5.41) is 5.42. The first-order chi connectivity index (χ1) is 9.76. The number of carbonyl (C=O) groups is 1. The normalized spacial score (nSPS) is 20.1. The van der Waals surface area contributed by atoms with Crippen LogP contribution in [0.4, 0.5) is 0 Å². The minimum Gasteiger partial charge on any atom is -0.471 e. The molecule has 0 radical (unpaired) electrons. The molecule has 0 aliphatic carbocycles. The Balaban J connectivity index is 0.00000132. The summed E-state index contributed by atoms with van der Waals surface area (Å²) >= 11 is 0. The van der Waals surface area contributed by atoms with Crippen molar-refractivity contribution in [2.45, 2.75) is 12.8 Å². The lowest BCUT2D eigenvalue weighted by Gasteiger charge is -2.52. The van der Waals surface area contributed by atoms with Crippen LogP contribution < -0.4 is 5.32 Å². The van der Waals surface area contributed by atoms with Crippen LogP contribution in [-0.2, 0) is 0 Å². The van der Waals surface area contributed by atoms with Gasteiger partial charge < -0.3 is 14.6 Å². The molecule has 2 aromatic rings. The second kappa shape index (κ2) is 5.35. The third-order valence-corrected chi connectivity index (χ3v) is 4.73. The molecule has 3 heterocycles. The van der Waals surface area contributed by atoms with Crippen LogP contribution in [0.15, 0.2) is 35.1 Å². The maximum atomic E-state index is 12.5. The molecule has 1 amide bonds. The summed E-state index contributed by atoms with van der Waals surface area (Å²) in [6, 6.07) is 5.77. The maximum Gasteiger partial charge on any atom is 0.253 e. The topological polar surface area (TPSA) is 45.5 Å². The monoisotopic (exact) mass is 306 g/mol. The van der Waals surface area contributed by atoms with Gasteiger partial charge in [0.05, 0.1) is 12.5 Å². The molecule has 0 unspecified atom stereocenters. The van der Waals surface area contributed by atoms with Crippen molar-refractivity contribution in [1.82, 2.24) is 10.2 Å². The van der Waals surface area contributed by atoms with E-state index in [0.717, 1.165) is 42.5 Å². The highest BCUT2D eigenvalue weighted by atomic mass is 35.5. The average Bonchev–Trinajstić information content (AvgIpc) is 2.92. The summed E-state index contributed by atoms with van der Waals surface area (Å²) in [6.07, 6.45) is 5.78. The van der Waals surface area contributed by atoms with E-state index in [0.29, 0.717) is 5.41 Å². The van der Waals surface area contributed by atoms with E-state index in [2.05, 4.69) is 5.32 Å². The van der Waals surface area contributed by atoms with Crippen LogP contribution in [0.1, 0.15) is 23.2 Å². The number of hydrogen-bond donors (Lipinski definition) is 1. The predicted octanol–water partition coefficient (Wildman–Crippen LogP) is 2.68. The van der Waals surface area contributed by atoms with Crippen molar-refractivity contribution in [3.05, 3.63) is 36.3 Å². The molecule has 0 saturated carbocycles. The number of nitrogens with one attached hydrogen (secondary N) is 1. The van der Waals surface area contributed by atoms with Crippen molar-refractivity contribution in [2.24, 2.45) is 5.41 Å². The van der Waals surface area contributed by atoms with Crippen LogP contribution in [0.25, 0.3) is 10.8 Å². The highest BCUT2D eigenvalue weighted by Crippen LogP contribution is 2.39. The number of rotatable bonds is 1. The fourth-order valence-corrected chi connectivity index (χ4v) is 3.46. The van der Waals surface area contributed by atoms with E-state index in [1.165, 1.54) is 12.8 Å². The lowest BCUT2D eigenvalue weighted by Crippen LogP contribution is -2.61. The quantitative estimate of drug-likeness (QED) is 0.881. The molecule has 2 fully saturated rings. The van der Waals surface area contributed by atoms with Gasteiger partial charge in [0.25, 0.3) is 5.91 Å². The van der Waals surface area contributed by atoms with Gasteiger partial charge in [-0.1, -0.05) is 6.07 Å². The zero-order chi connectivity index (χ0) is 13.6. The van der Waals surface area contributed by atoms with Crippen molar-refractivity contribution in [1.29, 1.82) is 0 Å². The molecule has 2 aliphatic heterocycles. The van der Waals surface area contributed by atoms with Crippen molar-refractivity contribution in [3.8, 4) is 0 Å². The third kappa shape index (κ3) is 2.43. The number of fused-ring (bicyclic) bond motifs is 1. The Morgan fingerprint density at radius 1 is 1.14 bits per heavy atom. The number of furan rings is 1. The molecule has 1 aromatic heterocycles. The minimum atomic E-state index is 0. The summed E-state index contributed by atoms with van der Waals surface area (Å²) < 4.78 is 5.16. The van der Waals surface area contributed by atoms with Crippen LogP contribution in [0.3, 0.4) is 0 Å². The number of likely N-dealkylation sites (tertiary alicyclic amines) is 1. The Labute approximate surface area is 129 Å². The van der Waals surface area contributed by atoms with Crippen molar-refractivity contribution in [3.63, 3.8) is 0 Å². The van der Waals surface area contributed by atoms with Crippen LogP contribution in [-0.4, -0.2) is 37.0 Å². The van der Waals surface area contributed by atoms with Crippen LogP contribution >= 0.6 is 12.4 Å². The SMILES string of the molecule is Cl.O=C(c1ccc2cocc2c1)N1CC2(CCNCC2)C1. The smallest absolute Gasteiger partial charge is 0.253 e. The molecule has 4 rings (SSSR count). The van der Waals surface area contributed by atoms with E-state index in [1.807, 2.05) is 23.1 Å². The van der Waals surface area contributed by atoms with Gasteiger partial charge in [0.1, 0.15) is 0 Å². The molecule has 5 heteroatoms. The van der Waals surface area contributed by atoms with Gasteiger partial charge >= 0.3 is 0 Å². The summed E-state index contributed by atoms with van der Waals surface area (Å²) in [7, 11) is 0. The number of amides is 1.